The van der Waals surface area contributed by atoms with E-state index in [-0.39, 0.29) is 0 Å². The first-order chi connectivity index (χ1) is 8.84. The van der Waals surface area contributed by atoms with Crippen LogP contribution in [-0.4, -0.2) is 23.1 Å². The minimum absolute atomic E-state index is 0.553. The van der Waals surface area contributed by atoms with Gasteiger partial charge in [0.05, 0.1) is 0 Å². The molecule has 0 aliphatic rings. The van der Waals surface area contributed by atoms with Crippen LogP contribution in [0.1, 0.15) is 12.0 Å². The van der Waals surface area contributed by atoms with E-state index in [1.54, 1.807) is 6.20 Å². The van der Waals surface area contributed by atoms with E-state index in [2.05, 4.69) is 26.7 Å². The number of nitrogens with one attached hydrogen (secondary N) is 2. The third-order valence-electron chi connectivity index (χ3n) is 2.33. The first-order valence-corrected chi connectivity index (χ1v) is 7.05. The van der Waals surface area contributed by atoms with Crippen LogP contribution in [0.3, 0.4) is 0 Å². The summed E-state index contributed by atoms with van der Waals surface area (Å²) in [4.78, 5) is 8.19. The molecule has 4 nitrogen and oxygen atoms in total. The van der Waals surface area contributed by atoms with Crippen LogP contribution in [0.15, 0.2) is 29.9 Å². The fraction of sp³-hybridized carbons (Fsp3) is 0.333. The highest BCUT2D eigenvalue weighted by Crippen LogP contribution is 2.18. The molecule has 0 atom stereocenters. The predicted octanol–water partition coefficient (Wildman–Crippen LogP) is 2.78. The van der Waals surface area contributed by atoms with Crippen molar-refractivity contribution in [3.8, 4) is 0 Å². The van der Waals surface area contributed by atoms with Gasteiger partial charge in [-0.2, -0.15) is 0 Å². The fourth-order valence-electron chi connectivity index (χ4n) is 1.48. The number of rotatable bonds is 7. The zero-order valence-electron chi connectivity index (χ0n) is 9.90. The zero-order chi connectivity index (χ0) is 12.6. The van der Waals surface area contributed by atoms with Gasteiger partial charge in [0.15, 0.2) is 5.13 Å². The molecule has 0 aliphatic carbocycles. The van der Waals surface area contributed by atoms with Crippen molar-refractivity contribution in [2.45, 2.75) is 13.0 Å². The molecule has 0 fully saturated rings. The number of nitrogens with zero attached hydrogens (tertiary/aromatic N) is 2. The van der Waals surface area contributed by atoms with Gasteiger partial charge in [0.1, 0.15) is 5.15 Å². The van der Waals surface area contributed by atoms with Crippen molar-refractivity contribution in [2.75, 3.05) is 18.4 Å². The number of hydrogen-bond donors (Lipinski definition) is 2. The van der Waals surface area contributed by atoms with Crippen molar-refractivity contribution in [1.82, 2.24) is 15.3 Å². The highest BCUT2D eigenvalue weighted by Gasteiger charge is 1.97. The highest BCUT2D eigenvalue weighted by molar-refractivity contribution is 7.14. The van der Waals surface area contributed by atoms with Crippen LogP contribution in [0, 0.1) is 0 Å². The molecule has 2 aromatic heterocycles. The summed E-state index contributed by atoms with van der Waals surface area (Å²) >= 11 is 7.26. The molecule has 0 aromatic carbocycles. The van der Waals surface area contributed by atoms with Crippen LogP contribution in [0.5, 0.6) is 0 Å². The normalized spacial score (nSPS) is 10.5. The molecule has 0 saturated carbocycles. The molecular weight excluding hydrogens is 268 g/mol. The first-order valence-electron chi connectivity index (χ1n) is 5.79. The standard InChI is InChI=1S/C12H15ClN4S/c13-11-9-18-12(17-11)16-6-2-5-15-8-10-3-1-4-14-7-10/h1,3-4,7,9,15H,2,5-6,8H2,(H,16,17). The monoisotopic (exact) mass is 282 g/mol. The number of halogens is 1. The third-order valence-corrected chi connectivity index (χ3v) is 3.46. The molecule has 0 spiro atoms. The van der Waals surface area contributed by atoms with Gasteiger partial charge in [-0.3, -0.25) is 4.98 Å². The number of hydrogen-bond acceptors (Lipinski definition) is 5. The van der Waals surface area contributed by atoms with Crippen LogP contribution in [0.4, 0.5) is 5.13 Å². The Morgan fingerprint density at radius 3 is 3.00 bits per heavy atom. The number of pyridine rings is 1. The van der Waals surface area contributed by atoms with Gasteiger partial charge in [-0.05, 0) is 24.6 Å². The van der Waals surface area contributed by atoms with Crippen LogP contribution >= 0.6 is 22.9 Å². The smallest absolute Gasteiger partial charge is 0.184 e. The summed E-state index contributed by atoms with van der Waals surface area (Å²) in [5.74, 6) is 0. The molecule has 0 bridgehead atoms. The predicted molar refractivity (Wildman–Crippen MR) is 76.2 cm³/mol. The van der Waals surface area contributed by atoms with Crippen LogP contribution in [0.2, 0.25) is 5.15 Å². The Hall–Kier alpha value is -1.17. The molecule has 18 heavy (non-hydrogen) atoms. The van der Waals surface area contributed by atoms with Crippen molar-refractivity contribution < 1.29 is 0 Å². The Kier molecular flexibility index (Phi) is 5.38. The Labute approximate surface area is 115 Å². The minimum Gasteiger partial charge on any atom is -0.361 e. The second-order valence-electron chi connectivity index (χ2n) is 3.79. The molecule has 96 valence electrons. The van der Waals surface area contributed by atoms with E-state index >= 15 is 0 Å². The van der Waals surface area contributed by atoms with Gasteiger partial charge in [-0.1, -0.05) is 17.7 Å². The maximum Gasteiger partial charge on any atom is 0.184 e. The van der Waals surface area contributed by atoms with Crippen molar-refractivity contribution in [3.63, 3.8) is 0 Å². The molecular formula is C12H15ClN4S. The summed E-state index contributed by atoms with van der Waals surface area (Å²) < 4.78 is 0. The largest absolute Gasteiger partial charge is 0.361 e. The van der Waals surface area contributed by atoms with E-state index in [1.165, 1.54) is 16.9 Å². The van der Waals surface area contributed by atoms with E-state index < -0.39 is 0 Å². The van der Waals surface area contributed by atoms with Gasteiger partial charge in [0, 0.05) is 30.9 Å². The summed E-state index contributed by atoms with van der Waals surface area (Å²) in [7, 11) is 0. The van der Waals surface area contributed by atoms with Crippen molar-refractivity contribution in [3.05, 3.63) is 40.6 Å². The fourth-order valence-corrected chi connectivity index (χ4v) is 2.35. The molecule has 0 amide bonds. The lowest BCUT2D eigenvalue weighted by molar-refractivity contribution is 0.662. The quantitative estimate of drug-likeness (QED) is 0.767. The Bertz CT molecular complexity index is 460. The summed E-state index contributed by atoms with van der Waals surface area (Å²) in [6, 6.07) is 4.01. The minimum atomic E-state index is 0.553. The van der Waals surface area contributed by atoms with Gasteiger partial charge in [-0.25, -0.2) is 4.98 Å². The third kappa shape index (κ3) is 4.60. The topological polar surface area (TPSA) is 49.8 Å². The van der Waals surface area contributed by atoms with E-state index in [1.807, 2.05) is 17.6 Å². The second-order valence-corrected chi connectivity index (χ2v) is 5.04. The molecule has 0 unspecified atom stereocenters. The molecule has 2 N–H and O–H groups in total. The van der Waals surface area contributed by atoms with Gasteiger partial charge < -0.3 is 10.6 Å². The van der Waals surface area contributed by atoms with Gasteiger partial charge in [0.25, 0.3) is 0 Å². The number of aromatic nitrogens is 2. The number of thiazole rings is 1. The van der Waals surface area contributed by atoms with E-state index in [4.69, 9.17) is 11.6 Å². The summed E-state index contributed by atoms with van der Waals surface area (Å²) in [6.07, 6.45) is 4.70. The molecule has 2 heterocycles. The summed E-state index contributed by atoms with van der Waals surface area (Å²) in [5, 5.41) is 9.86. The lowest BCUT2D eigenvalue weighted by Gasteiger charge is -2.05. The van der Waals surface area contributed by atoms with Crippen molar-refractivity contribution in [2.24, 2.45) is 0 Å². The van der Waals surface area contributed by atoms with Crippen molar-refractivity contribution >= 4 is 28.1 Å². The molecule has 2 aromatic rings. The Morgan fingerprint density at radius 1 is 1.33 bits per heavy atom. The highest BCUT2D eigenvalue weighted by atomic mass is 35.5. The Morgan fingerprint density at radius 2 is 2.28 bits per heavy atom. The van der Waals surface area contributed by atoms with Crippen LogP contribution in [-0.2, 0) is 6.54 Å². The van der Waals surface area contributed by atoms with E-state index in [9.17, 15) is 0 Å². The summed E-state index contributed by atoms with van der Waals surface area (Å²) in [5.41, 5.74) is 1.21. The van der Waals surface area contributed by atoms with E-state index in [0.29, 0.717) is 5.15 Å². The van der Waals surface area contributed by atoms with Crippen LogP contribution < -0.4 is 10.6 Å². The average molecular weight is 283 g/mol. The van der Waals surface area contributed by atoms with Crippen molar-refractivity contribution in [1.29, 1.82) is 0 Å². The lowest BCUT2D eigenvalue weighted by atomic mass is 10.3. The molecule has 0 radical (unpaired) electrons. The first kappa shape index (κ1) is 13.3. The second kappa shape index (κ2) is 7.31. The average Bonchev–Trinajstić information content (AvgIpc) is 2.81. The molecule has 0 aliphatic heterocycles. The van der Waals surface area contributed by atoms with Gasteiger partial charge in [-0.15, -0.1) is 11.3 Å². The molecule has 6 heteroatoms. The lowest BCUT2D eigenvalue weighted by Crippen LogP contribution is -2.17. The zero-order valence-corrected chi connectivity index (χ0v) is 11.5. The van der Waals surface area contributed by atoms with Crippen LogP contribution in [0.25, 0.3) is 0 Å². The maximum absolute atomic E-state index is 5.73. The molecule has 0 saturated heterocycles. The molecule has 2 rings (SSSR count). The maximum atomic E-state index is 5.73. The van der Waals surface area contributed by atoms with E-state index in [0.717, 1.165) is 31.2 Å². The van der Waals surface area contributed by atoms with Gasteiger partial charge >= 0.3 is 0 Å². The number of anilines is 1. The Balaban J connectivity index is 1.54. The van der Waals surface area contributed by atoms with Gasteiger partial charge in [0.2, 0.25) is 0 Å². The SMILES string of the molecule is Clc1csc(NCCCNCc2cccnc2)n1. The summed E-state index contributed by atoms with van der Waals surface area (Å²) in [6.45, 7) is 2.71.